The Kier molecular flexibility index (Phi) is 3.41. The van der Waals surface area contributed by atoms with Crippen molar-refractivity contribution in [1.82, 2.24) is 4.90 Å². The van der Waals surface area contributed by atoms with Crippen LogP contribution in [0.1, 0.15) is 30.9 Å². The fourth-order valence-corrected chi connectivity index (χ4v) is 3.12. The molecular weight excluding hydrogens is 250 g/mol. The lowest BCUT2D eigenvalue weighted by Crippen LogP contribution is -2.48. The third-order valence-corrected chi connectivity index (χ3v) is 3.97. The highest BCUT2D eigenvalue weighted by molar-refractivity contribution is 5.40. The molecule has 0 radical (unpaired) electrons. The molecule has 2 aliphatic heterocycles. The number of fused-ring (bicyclic) bond motifs is 1. The molecule has 104 valence electrons. The van der Waals surface area contributed by atoms with Crippen LogP contribution in [0.3, 0.4) is 0 Å². The van der Waals surface area contributed by atoms with E-state index in [4.69, 9.17) is 10.5 Å². The number of nitrogens with zero attached hydrogens (tertiary/aromatic N) is 1. The first-order valence-corrected chi connectivity index (χ1v) is 6.78. The van der Waals surface area contributed by atoms with Crippen molar-refractivity contribution < 1.29 is 13.5 Å². The Hall–Kier alpha value is -1.20. The first-order valence-electron chi connectivity index (χ1n) is 6.78. The number of rotatable bonds is 1. The van der Waals surface area contributed by atoms with Gasteiger partial charge in [0.25, 0.3) is 0 Å². The molecule has 2 aliphatic rings. The Morgan fingerprint density at radius 3 is 2.63 bits per heavy atom. The predicted molar refractivity (Wildman–Crippen MR) is 68.0 cm³/mol. The molecule has 2 heterocycles. The van der Waals surface area contributed by atoms with Crippen LogP contribution in [0.15, 0.2) is 12.1 Å². The van der Waals surface area contributed by atoms with Crippen molar-refractivity contribution in [3.63, 3.8) is 0 Å². The number of ether oxygens (including phenoxy) is 1. The molecule has 3 rings (SSSR count). The molecule has 2 N–H and O–H groups in total. The molecule has 19 heavy (non-hydrogen) atoms. The normalized spacial score (nSPS) is 27.7. The molecule has 0 saturated carbocycles. The number of hydrogen-bond donors (Lipinski definition) is 1. The number of hydrogen-bond acceptors (Lipinski definition) is 3. The Labute approximate surface area is 111 Å². The Morgan fingerprint density at radius 2 is 1.89 bits per heavy atom. The number of likely N-dealkylation sites (tertiary alicyclic amines) is 1. The second-order valence-electron chi connectivity index (χ2n) is 5.32. The van der Waals surface area contributed by atoms with E-state index in [9.17, 15) is 8.78 Å². The minimum Gasteiger partial charge on any atom is -0.488 e. The maximum atomic E-state index is 13.8. The van der Waals surface area contributed by atoms with Gasteiger partial charge in [-0.3, -0.25) is 4.90 Å². The highest BCUT2D eigenvalue weighted by Gasteiger charge is 2.35. The van der Waals surface area contributed by atoms with Gasteiger partial charge in [0.2, 0.25) is 0 Å². The van der Waals surface area contributed by atoms with Gasteiger partial charge in [-0.1, -0.05) is 6.42 Å². The largest absolute Gasteiger partial charge is 0.488 e. The van der Waals surface area contributed by atoms with Crippen LogP contribution in [0.25, 0.3) is 0 Å². The molecule has 1 saturated heterocycles. The summed E-state index contributed by atoms with van der Waals surface area (Å²) in [5.41, 5.74) is 6.67. The number of piperidine rings is 1. The highest BCUT2D eigenvalue weighted by atomic mass is 19.1. The van der Waals surface area contributed by atoms with Crippen molar-refractivity contribution in [1.29, 1.82) is 0 Å². The van der Waals surface area contributed by atoms with Crippen LogP contribution in [-0.4, -0.2) is 30.6 Å². The quantitative estimate of drug-likeness (QED) is 0.848. The highest BCUT2D eigenvalue weighted by Crippen LogP contribution is 2.38. The number of halogens is 2. The molecule has 2 atom stereocenters. The topological polar surface area (TPSA) is 38.5 Å². The molecule has 1 aromatic carbocycles. The van der Waals surface area contributed by atoms with Gasteiger partial charge >= 0.3 is 0 Å². The first kappa shape index (κ1) is 12.8. The maximum Gasteiger partial charge on any atom is 0.168 e. The third kappa shape index (κ3) is 2.32. The maximum absolute atomic E-state index is 13.8. The van der Waals surface area contributed by atoms with Crippen molar-refractivity contribution in [2.24, 2.45) is 5.73 Å². The summed E-state index contributed by atoms with van der Waals surface area (Å²) in [5.74, 6) is -1.04. The van der Waals surface area contributed by atoms with Crippen molar-refractivity contribution in [3.05, 3.63) is 29.3 Å². The van der Waals surface area contributed by atoms with Crippen LogP contribution < -0.4 is 10.5 Å². The van der Waals surface area contributed by atoms with Gasteiger partial charge in [-0.05, 0) is 32.0 Å². The number of benzene rings is 1. The molecule has 0 bridgehead atoms. The molecule has 0 amide bonds. The summed E-state index contributed by atoms with van der Waals surface area (Å²) in [5, 5.41) is 0. The summed E-state index contributed by atoms with van der Waals surface area (Å²) in [6, 6.07) is 1.83. The summed E-state index contributed by atoms with van der Waals surface area (Å²) in [7, 11) is 0. The molecule has 0 aromatic heterocycles. The monoisotopic (exact) mass is 268 g/mol. The lowest BCUT2D eigenvalue weighted by atomic mass is 9.93. The fourth-order valence-electron chi connectivity index (χ4n) is 3.12. The zero-order chi connectivity index (χ0) is 13.4. The van der Waals surface area contributed by atoms with E-state index in [0.29, 0.717) is 5.56 Å². The molecule has 2 unspecified atom stereocenters. The van der Waals surface area contributed by atoms with Gasteiger partial charge in [-0.15, -0.1) is 0 Å². The van der Waals surface area contributed by atoms with E-state index >= 15 is 0 Å². The van der Waals surface area contributed by atoms with E-state index in [-0.39, 0.29) is 24.4 Å². The van der Waals surface area contributed by atoms with E-state index < -0.39 is 11.6 Å². The Balaban J connectivity index is 2.00. The SMILES string of the molecule is NC1COc2c(F)cc(F)cc2C1N1CCCCC1. The summed E-state index contributed by atoms with van der Waals surface area (Å²) in [4.78, 5) is 2.23. The van der Waals surface area contributed by atoms with Crippen LogP contribution in [0.2, 0.25) is 0 Å². The van der Waals surface area contributed by atoms with Crippen LogP contribution in [-0.2, 0) is 0 Å². The van der Waals surface area contributed by atoms with Gasteiger partial charge in [-0.25, -0.2) is 8.78 Å². The molecule has 0 aliphatic carbocycles. The minimum absolute atomic E-state index is 0.144. The van der Waals surface area contributed by atoms with E-state index in [1.807, 2.05) is 0 Å². The Morgan fingerprint density at radius 1 is 1.16 bits per heavy atom. The van der Waals surface area contributed by atoms with Gasteiger partial charge < -0.3 is 10.5 Å². The third-order valence-electron chi connectivity index (χ3n) is 3.97. The van der Waals surface area contributed by atoms with Gasteiger partial charge in [-0.2, -0.15) is 0 Å². The average Bonchev–Trinajstić information content (AvgIpc) is 2.39. The van der Waals surface area contributed by atoms with Crippen molar-refractivity contribution in [2.75, 3.05) is 19.7 Å². The van der Waals surface area contributed by atoms with Crippen LogP contribution in [0.5, 0.6) is 5.75 Å². The molecular formula is C14H18F2N2O. The summed E-state index contributed by atoms with van der Waals surface area (Å²) >= 11 is 0. The zero-order valence-electron chi connectivity index (χ0n) is 10.7. The average molecular weight is 268 g/mol. The predicted octanol–water partition coefficient (Wildman–Crippen LogP) is 2.21. The Bertz CT molecular complexity index is 475. The van der Waals surface area contributed by atoms with Crippen molar-refractivity contribution in [3.8, 4) is 5.75 Å². The smallest absolute Gasteiger partial charge is 0.168 e. The van der Waals surface area contributed by atoms with E-state index in [0.717, 1.165) is 32.0 Å². The molecule has 5 heteroatoms. The van der Waals surface area contributed by atoms with Crippen LogP contribution >= 0.6 is 0 Å². The molecule has 0 spiro atoms. The summed E-state index contributed by atoms with van der Waals surface area (Å²) in [6.07, 6.45) is 3.42. The second kappa shape index (κ2) is 5.06. The fraction of sp³-hybridized carbons (Fsp3) is 0.571. The summed E-state index contributed by atoms with van der Waals surface area (Å²) < 4.78 is 32.6. The first-order chi connectivity index (χ1) is 9.16. The van der Waals surface area contributed by atoms with E-state index in [1.54, 1.807) is 0 Å². The minimum atomic E-state index is -0.635. The zero-order valence-corrected chi connectivity index (χ0v) is 10.7. The lowest BCUT2D eigenvalue weighted by Gasteiger charge is -2.41. The molecule has 1 aromatic rings. The van der Waals surface area contributed by atoms with E-state index in [1.165, 1.54) is 12.5 Å². The van der Waals surface area contributed by atoms with E-state index in [2.05, 4.69) is 4.90 Å². The van der Waals surface area contributed by atoms with Gasteiger partial charge in [0.1, 0.15) is 12.4 Å². The summed E-state index contributed by atoms with van der Waals surface area (Å²) in [6.45, 7) is 2.13. The molecule has 1 fully saturated rings. The standard InChI is InChI=1S/C14H18F2N2O/c15-9-6-10-13(18-4-2-1-3-5-18)12(17)8-19-14(10)11(16)7-9/h6-7,12-13H,1-5,8,17H2. The van der Waals surface area contributed by atoms with Crippen molar-refractivity contribution in [2.45, 2.75) is 31.3 Å². The second-order valence-corrected chi connectivity index (χ2v) is 5.32. The van der Waals surface area contributed by atoms with Crippen LogP contribution in [0, 0.1) is 11.6 Å². The van der Waals surface area contributed by atoms with Gasteiger partial charge in [0.15, 0.2) is 11.6 Å². The van der Waals surface area contributed by atoms with Gasteiger partial charge in [0, 0.05) is 11.6 Å². The van der Waals surface area contributed by atoms with Gasteiger partial charge in [0.05, 0.1) is 12.1 Å². The number of nitrogens with two attached hydrogens (primary N) is 1. The van der Waals surface area contributed by atoms with Crippen molar-refractivity contribution >= 4 is 0 Å². The lowest BCUT2D eigenvalue weighted by molar-refractivity contribution is 0.0977. The molecule has 3 nitrogen and oxygen atoms in total. The van der Waals surface area contributed by atoms with Crippen LogP contribution in [0.4, 0.5) is 8.78 Å².